The number of anilines is 1. The molecular weight excluding hydrogens is 234 g/mol. The molecule has 1 aliphatic carbocycles. The number of aromatic nitrogens is 2. The molecule has 2 rings (SSSR count). The van der Waals surface area contributed by atoms with Crippen LogP contribution in [0.1, 0.15) is 63.4 Å². The van der Waals surface area contributed by atoms with Crippen molar-refractivity contribution in [2.24, 2.45) is 5.92 Å². The SMILES string of the molecule is C=CCn1c(CCC)nc(C2CCC(C)CC2)c1N. The normalized spacial score (nSPS) is 23.5. The van der Waals surface area contributed by atoms with Crippen LogP contribution in [0, 0.1) is 5.92 Å². The average molecular weight is 261 g/mol. The van der Waals surface area contributed by atoms with Crippen LogP contribution in [0.2, 0.25) is 0 Å². The van der Waals surface area contributed by atoms with Crippen LogP contribution in [0.25, 0.3) is 0 Å². The summed E-state index contributed by atoms with van der Waals surface area (Å²) < 4.78 is 2.14. The van der Waals surface area contributed by atoms with Crippen molar-refractivity contribution in [3.63, 3.8) is 0 Å². The second kappa shape index (κ2) is 6.27. The molecule has 0 bridgehead atoms. The molecular formula is C16H27N3. The summed E-state index contributed by atoms with van der Waals surface area (Å²) in [6, 6.07) is 0. The van der Waals surface area contributed by atoms with Crippen LogP contribution >= 0.6 is 0 Å². The Morgan fingerprint density at radius 3 is 2.63 bits per heavy atom. The summed E-state index contributed by atoms with van der Waals surface area (Å²) in [6.07, 6.45) is 9.10. The molecule has 1 aliphatic rings. The zero-order valence-corrected chi connectivity index (χ0v) is 12.4. The van der Waals surface area contributed by atoms with E-state index in [0.717, 1.165) is 42.6 Å². The van der Waals surface area contributed by atoms with Gasteiger partial charge < -0.3 is 10.3 Å². The minimum absolute atomic E-state index is 0.567. The first-order chi connectivity index (χ1) is 9.17. The summed E-state index contributed by atoms with van der Waals surface area (Å²) in [5.74, 6) is 3.44. The number of hydrogen-bond acceptors (Lipinski definition) is 2. The standard InChI is InChI=1S/C16H27N3/c1-4-6-14-18-15(16(17)19(14)11-5-2)13-9-7-12(3)8-10-13/h5,12-13H,2,4,6-11,17H2,1,3H3. The number of hydrogen-bond donors (Lipinski definition) is 1. The Morgan fingerprint density at radius 2 is 2.05 bits per heavy atom. The number of allylic oxidation sites excluding steroid dienone is 1. The predicted molar refractivity (Wildman–Crippen MR) is 81.2 cm³/mol. The van der Waals surface area contributed by atoms with Crippen LogP contribution in [-0.2, 0) is 13.0 Å². The summed E-state index contributed by atoms with van der Waals surface area (Å²) in [7, 11) is 0. The largest absolute Gasteiger partial charge is 0.384 e. The van der Waals surface area contributed by atoms with Gasteiger partial charge in [-0.25, -0.2) is 4.98 Å². The molecule has 0 unspecified atom stereocenters. The smallest absolute Gasteiger partial charge is 0.127 e. The average Bonchev–Trinajstić information content (AvgIpc) is 2.70. The lowest BCUT2D eigenvalue weighted by atomic mass is 9.81. The van der Waals surface area contributed by atoms with Gasteiger partial charge in [-0.1, -0.05) is 32.8 Å². The minimum atomic E-state index is 0.567. The Bertz CT molecular complexity index is 425. The molecule has 3 heteroatoms. The highest BCUT2D eigenvalue weighted by Crippen LogP contribution is 2.37. The molecule has 1 fully saturated rings. The highest BCUT2D eigenvalue weighted by atomic mass is 15.1. The van der Waals surface area contributed by atoms with Gasteiger partial charge in [-0.05, 0) is 25.2 Å². The molecule has 106 valence electrons. The van der Waals surface area contributed by atoms with E-state index in [4.69, 9.17) is 10.7 Å². The van der Waals surface area contributed by atoms with Crippen molar-refractivity contribution in [3.05, 3.63) is 24.2 Å². The zero-order chi connectivity index (χ0) is 13.8. The van der Waals surface area contributed by atoms with Crippen molar-refractivity contribution in [2.75, 3.05) is 5.73 Å². The maximum Gasteiger partial charge on any atom is 0.127 e. The van der Waals surface area contributed by atoms with Gasteiger partial charge in [0.15, 0.2) is 0 Å². The molecule has 1 aromatic heterocycles. The molecule has 0 spiro atoms. The molecule has 0 amide bonds. The fourth-order valence-electron chi connectivity index (χ4n) is 3.12. The van der Waals surface area contributed by atoms with E-state index in [1.807, 2.05) is 6.08 Å². The number of aryl methyl sites for hydroxylation is 1. The predicted octanol–water partition coefficient (Wildman–Crippen LogP) is 3.90. The summed E-state index contributed by atoms with van der Waals surface area (Å²) >= 11 is 0. The molecule has 1 heterocycles. The maximum absolute atomic E-state index is 6.34. The Balaban J connectivity index is 2.24. The molecule has 2 N–H and O–H groups in total. The monoisotopic (exact) mass is 261 g/mol. The summed E-state index contributed by atoms with van der Waals surface area (Å²) in [4.78, 5) is 4.86. The van der Waals surface area contributed by atoms with Crippen LogP contribution in [0.3, 0.4) is 0 Å². The lowest BCUT2D eigenvalue weighted by Crippen LogP contribution is -2.13. The van der Waals surface area contributed by atoms with Crippen molar-refractivity contribution in [3.8, 4) is 0 Å². The van der Waals surface area contributed by atoms with E-state index in [1.165, 1.54) is 25.7 Å². The quantitative estimate of drug-likeness (QED) is 0.817. The molecule has 19 heavy (non-hydrogen) atoms. The van der Waals surface area contributed by atoms with E-state index in [1.54, 1.807) is 0 Å². The van der Waals surface area contributed by atoms with Gasteiger partial charge in [0.25, 0.3) is 0 Å². The van der Waals surface area contributed by atoms with Gasteiger partial charge >= 0.3 is 0 Å². The molecule has 1 aromatic rings. The topological polar surface area (TPSA) is 43.8 Å². The highest BCUT2D eigenvalue weighted by molar-refractivity contribution is 5.41. The van der Waals surface area contributed by atoms with E-state index < -0.39 is 0 Å². The number of nitrogen functional groups attached to an aromatic ring is 1. The molecule has 1 saturated carbocycles. The molecule has 0 radical (unpaired) electrons. The third kappa shape index (κ3) is 3.02. The number of nitrogens with two attached hydrogens (primary N) is 1. The first kappa shape index (κ1) is 14.2. The molecule has 0 saturated heterocycles. The van der Waals surface area contributed by atoms with Gasteiger partial charge in [-0.15, -0.1) is 6.58 Å². The number of rotatable bonds is 5. The zero-order valence-electron chi connectivity index (χ0n) is 12.4. The Morgan fingerprint density at radius 1 is 1.37 bits per heavy atom. The first-order valence-electron chi connectivity index (χ1n) is 7.63. The lowest BCUT2D eigenvalue weighted by Gasteiger charge is -2.25. The summed E-state index contributed by atoms with van der Waals surface area (Å²) in [5, 5.41) is 0. The summed E-state index contributed by atoms with van der Waals surface area (Å²) in [5.41, 5.74) is 7.49. The van der Waals surface area contributed by atoms with Gasteiger partial charge in [0.05, 0.1) is 5.69 Å². The summed E-state index contributed by atoms with van der Waals surface area (Å²) in [6.45, 7) is 9.13. The number of nitrogens with zero attached hydrogens (tertiary/aromatic N) is 2. The van der Waals surface area contributed by atoms with Crippen molar-refractivity contribution < 1.29 is 0 Å². The van der Waals surface area contributed by atoms with Crippen molar-refractivity contribution >= 4 is 5.82 Å². The van der Waals surface area contributed by atoms with E-state index in [2.05, 4.69) is 25.0 Å². The Kier molecular flexibility index (Phi) is 4.67. The van der Waals surface area contributed by atoms with Crippen molar-refractivity contribution in [1.29, 1.82) is 0 Å². The first-order valence-corrected chi connectivity index (χ1v) is 7.63. The van der Waals surface area contributed by atoms with E-state index >= 15 is 0 Å². The van der Waals surface area contributed by atoms with Crippen LogP contribution in [0.15, 0.2) is 12.7 Å². The molecule has 0 aliphatic heterocycles. The number of imidazole rings is 1. The third-order valence-corrected chi connectivity index (χ3v) is 4.30. The van der Waals surface area contributed by atoms with Crippen molar-refractivity contribution in [2.45, 2.75) is 64.8 Å². The van der Waals surface area contributed by atoms with Crippen molar-refractivity contribution in [1.82, 2.24) is 9.55 Å². The fourth-order valence-corrected chi connectivity index (χ4v) is 3.12. The molecule has 0 atom stereocenters. The van der Waals surface area contributed by atoms with Crippen LogP contribution in [-0.4, -0.2) is 9.55 Å². The van der Waals surface area contributed by atoms with E-state index in [9.17, 15) is 0 Å². The van der Waals surface area contributed by atoms with E-state index in [-0.39, 0.29) is 0 Å². The Hall–Kier alpha value is -1.25. The second-order valence-electron chi connectivity index (χ2n) is 5.90. The highest BCUT2D eigenvalue weighted by Gasteiger charge is 2.25. The lowest BCUT2D eigenvalue weighted by molar-refractivity contribution is 0.345. The van der Waals surface area contributed by atoms with Gasteiger partial charge in [-0.2, -0.15) is 0 Å². The Labute approximate surface area is 116 Å². The molecule has 0 aromatic carbocycles. The van der Waals surface area contributed by atoms with E-state index in [0.29, 0.717) is 5.92 Å². The maximum atomic E-state index is 6.34. The minimum Gasteiger partial charge on any atom is -0.384 e. The van der Waals surface area contributed by atoms with Gasteiger partial charge in [0, 0.05) is 18.9 Å². The third-order valence-electron chi connectivity index (χ3n) is 4.30. The molecule has 3 nitrogen and oxygen atoms in total. The van der Waals surface area contributed by atoms with Gasteiger partial charge in [0.1, 0.15) is 11.6 Å². The fraction of sp³-hybridized carbons (Fsp3) is 0.688. The van der Waals surface area contributed by atoms with Gasteiger partial charge in [0.2, 0.25) is 0 Å². The van der Waals surface area contributed by atoms with Crippen LogP contribution in [0.4, 0.5) is 5.82 Å². The van der Waals surface area contributed by atoms with Crippen LogP contribution < -0.4 is 5.73 Å². The van der Waals surface area contributed by atoms with Gasteiger partial charge in [-0.3, -0.25) is 0 Å². The van der Waals surface area contributed by atoms with Crippen LogP contribution in [0.5, 0.6) is 0 Å². The second-order valence-corrected chi connectivity index (χ2v) is 5.90.